The lowest BCUT2D eigenvalue weighted by molar-refractivity contribution is -0.140. The highest BCUT2D eigenvalue weighted by Gasteiger charge is 2.46. The largest absolute Gasteiger partial charge is 0.507 e. The quantitative estimate of drug-likeness (QED) is 0.184. The minimum absolute atomic E-state index is 0.0573. The van der Waals surface area contributed by atoms with Crippen molar-refractivity contribution in [2.24, 2.45) is 0 Å². The number of rotatable bonds is 8. The number of Topliss-reactive ketones (excluding diaryl/α,β-unsaturated/α-hetero) is 1. The van der Waals surface area contributed by atoms with Gasteiger partial charge in [0.15, 0.2) is 0 Å². The molecule has 2 atom stereocenters. The van der Waals surface area contributed by atoms with Crippen molar-refractivity contribution < 1.29 is 24.2 Å². The van der Waals surface area contributed by atoms with Gasteiger partial charge in [-0.3, -0.25) is 9.59 Å². The van der Waals surface area contributed by atoms with Crippen molar-refractivity contribution in [3.8, 4) is 11.5 Å². The molecule has 2 aliphatic heterocycles. The molecule has 5 rings (SSSR count). The lowest BCUT2D eigenvalue weighted by Crippen LogP contribution is -2.29. The fraction of sp³-hybridized carbons (Fsp3) is 0.290. The van der Waals surface area contributed by atoms with E-state index in [0.29, 0.717) is 12.2 Å². The fourth-order valence-corrected chi connectivity index (χ4v) is 4.98. The van der Waals surface area contributed by atoms with E-state index in [-0.39, 0.29) is 24.0 Å². The number of fused-ring (bicyclic) bond motifs is 1. The summed E-state index contributed by atoms with van der Waals surface area (Å²) < 4.78 is 11.6. The van der Waals surface area contributed by atoms with Crippen LogP contribution in [-0.4, -0.2) is 34.4 Å². The maximum atomic E-state index is 13.4. The molecule has 37 heavy (non-hydrogen) atoms. The first-order valence-corrected chi connectivity index (χ1v) is 12.8. The van der Waals surface area contributed by atoms with Gasteiger partial charge in [0.2, 0.25) is 0 Å². The molecule has 3 aromatic carbocycles. The van der Waals surface area contributed by atoms with E-state index < -0.39 is 17.7 Å². The molecule has 0 aliphatic carbocycles. The third-order valence-corrected chi connectivity index (χ3v) is 6.87. The number of aliphatic hydroxyl groups excluding tert-OH is 1. The number of nitrogens with zero attached hydrogens (tertiary/aromatic N) is 1. The van der Waals surface area contributed by atoms with Gasteiger partial charge in [-0.05, 0) is 60.4 Å². The van der Waals surface area contributed by atoms with Crippen LogP contribution < -0.4 is 9.47 Å². The van der Waals surface area contributed by atoms with E-state index in [1.165, 1.54) is 4.90 Å². The van der Waals surface area contributed by atoms with Gasteiger partial charge in [-0.15, -0.1) is 0 Å². The monoisotopic (exact) mass is 497 g/mol. The van der Waals surface area contributed by atoms with Gasteiger partial charge in [0.05, 0.1) is 18.2 Å². The maximum Gasteiger partial charge on any atom is 0.295 e. The van der Waals surface area contributed by atoms with Crippen LogP contribution in [0.15, 0.2) is 78.4 Å². The number of likely N-dealkylation sites (tertiary alicyclic amines) is 1. The smallest absolute Gasteiger partial charge is 0.295 e. The van der Waals surface area contributed by atoms with Gasteiger partial charge in [0, 0.05) is 18.5 Å². The van der Waals surface area contributed by atoms with Crippen molar-refractivity contribution in [2.75, 3.05) is 6.61 Å². The molecule has 1 saturated heterocycles. The summed E-state index contributed by atoms with van der Waals surface area (Å²) in [4.78, 5) is 28.2. The summed E-state index contributed by atoms with van der Waals surface area (Å²) >= 11 is 0. The van der Waals surface area contributed by atoms with Crippen molar-refractivity contribution in [3.05, 3.63) is 101 Å². The second-order valence-electron chi connectivity index (χ2n) is 9.64. The number of carbonyl (C=O) groups is 2. The second kappa shape index (κ2) is 10.5. The molecule has 1 fully saturated rings. The molecular formula is C31H31NO5. The van der Waals surface area contributed by atoms with Gasteiger partial charge in [-0.25, -0.2) is 0 Å². The standard InChI is InChI=1S/C31H31NO5/c1-3-4-16-36-25-13-10-22(11-14-25)28-27(29(33)23-12-15-26-24(18-23)17-20(2)37-26)30(34)31(35)32(28)19-21-8-6-5-7-9-21/h5-15,18,20,28,33H,3-4,16-17,19H2,1-2H3/b29-27+. The Morgan fingerprint density at radius 1 is 1.05 bits per heavy atom. The number of amides is 1. The molecule has 3 aromatic rings. The fourth-order valence-electron chi connectivity index (χ4n) is 4.98. The number of benzene rings is 3. The van der Waals surface area contributed by atoms with Crippen LogP contribution in [0.5, 0.6) is 11.5 Å². The van der Waals surface area contributed by atoms with Crippen molar-refractivity contribution >= 4 is 17.4 Å². The topological polar surface area (TPSA) is 76.1 Å². The molecule has 0 spiro atoms. The molecule has 1 N–H and O–H groups in total. The SMILES string of the molecule is CCCCOc1ccc(C2/C(=C(\O)c3ccc4c(c3)CC(C)O4)C(=O)C(=O)N2Cc2ccccc2)cc1. The molecule has 190 valence electrons. The molecule has 6 nitrogen and oxygen atoms in total. The van der Waals surface area contributed by atoms with E-state index in [1.807, 2.05) is 73.7 Å². The first-order chi connectivity index (χ1) is 18.0. The Morgan fingerprint density at radius 2 is 1.81 bits per heavy atom. The number of aliphatic hydroxyl groups is 1. The first-order valence-electron chi connectivity index (χ1n) is 12.8. The third-order valence-electron chi connectivity index (χ3n) is 6.87. The van der Waals surface area contributed by atoms with E-state index in [4.69, 9.17) is 9.47 Å². The zero-order valence-corrected chi connectivity index (χ0v) is 21.1. The minimum Gasteiger partial charge on any atom is -0.507 e. The van der Waals surface area contributed by atoms with Crippen LogP contribution in [0, 0.1) is 0 Å². The number of ketones is 1. The Labute approximate surface area is 217 Å². The summed E-state index contributed by atoms with van der Waals surface area (Å²) in [5.74, 6) is 0.0156. The Hall–Kier alpha value is -4.06. The molecule has 0 radical (unpaired) electrons. The van der Waals surface area contributed by atoms with Gasteiger partial charge in [-0.2, -0.15) is 0 Å². The Bertz CT molecular complexity index is 1330. The average Bonchev–Trinajstić information content (AvgIpc) is 3.40. The third kappa shape index (κ3) is 4.96. The highest BCUT2D eigenvalue weighted by atomic mass is 16.5. The summed E-state index contributed by atoms with van der Waals surface area (Å²) in [6.07, 6.45) is 2.78. The number of hydrogen-bond donors (Lipinski definition) is 1. The molecule has 1 amide bonds. The zero-order chi connectivity index (χ0) is 25.9. The maximum absolute atomic E-state index is 13.4. The van der Waals surface area contributed by atoms with Crippen LogP contribution in [-0.2, 0) is 22.6 Å². The molecule has 2 aliphatic rings. The van der Waals surface area contributed by atoms with Crippen LogP contribution in [0.3, 0.4) is 0 Å². The number of ether oxygens (including phenoxy) is 2. The van der Waals surface area contributed by atoms with E-state index >= 15 is 0 Å². The predicted octanol–water partition coefficient (Wildman–Crippen LogP) is 5.81. The summed E-state index contributed by atoms with van der Waals surface area (Å²) in [5, 5.41) is 11.4. The number of carbonyl (C=O) groups excluding carboxylic acids is 2. The highest BCUT2D eigenvalue weighted by Crippen LogP contribution is 2.41. The van der Waals surface area contributed by atoms with Crippen LogP contribution in [0.2, 0.25) is 0 Å². The Morgan fingerprint density at radius 3 is 2.54 bits per heavy atom. The Balaban J connectivity index is 1.56. The summed E-state index contributed by atoms with van der Waals surface area (Å²) in [6, 6.07) is 21.6. The second-order valence-corrected chi connectivity index (χ2v) is 9.64. The van der Waals surface area contributed by atoms with Crippen molar-refractivity contribution in [1.29, 1.82) is 0 Å². The van der Waals surface area contributed by atoms with Crippen molar-refractivity contribution in [1.82, 2.24) is 4.90 Å². The van der Waals surface area contributed by atoms with Gasteiger partial charge >= 0.3 is 0 Å². The molecule has 0 aromatic heterocycles. The van der Waals surface area contributed by atoms with E-state index in [0.717, 1.165) is 47.5 Å². The van der Waals surface area contributed by atoms with E-state index in [1.54, 1.807) is 6.07 Å². The molecule has 0 bridgehead atoms. The zero-order valence-electron chi connectivity index (χ0n) is 21.1. The average molecular weight is 498 g/mol. The number of hydrogen-bond acceptors (Lipinski definition) is 5. The normalized spacial score (nSPS) is 20.1. The molecule has 2 unspecified atom stereocenters. The summed E-state index contributed by atoms with van der Waals surface area (Å²) in [5.41, 5.74) is 3.20. The lowest BCUT2D eigenvalue weighted by atomic mass is 9.94. The van der Waals surface area contributed by atoms with Crippen LogP contribution in [0.4, 0.5) is 0 Å². The molecule has 6 heteroatoms. The van der Waals surface area contributed by atoms with E-state index in [9.17, 15) is 14.7 Å². The van der Waals surface area contributed by atoms with Crippen LogP contribution in [0.1, 0.15) is 55.0 Å². The molecule has 2 heterocycles. The van der Waals surface area contributed by atoms with Gasteiger partial charge in [-0.1, -0.05) is 55.8 Å². The van der Waals surface area contributed by atoms with Crippen LogP contribution >= 0.6 is 0 Å². The van der Waals surface area contributed by atoms with Crippen molar-refractivity contribution in [2.45, 2.75) is 51.8 Å². The lowest BCUT2D eigenvalue weighted by Gasteiger charge is -2.25. The van der Waals surface area contributed by atoms with Gasteiger partial charge in [0.1, 0.15) is 23.4 Å². The highest BCUT2D eigenvalue weighted by molar-refractivity contribution is 6.46. The first kappa shape index (κ1) is 24.6. The van der Waals surface area contributed by atoms with E-state index in [2.05, 4.69) is 6.92 Å². The predicted molar refractivity (Wildman–Crippen MR) is 141 cm³/mol. The Kier molecular flexibility index (Phi) is 6.99. The van der Waals surface area contributed by atoms with Gasteiger partial charge < -0.3 is 19.5 Å². The molecular weight excluding hydrogens is 466 g/mol. The van der Waals surface area contributed by atoms with Crippen molar-refractivity contribution in [3.63, 3.8) is 0 Å². The van der Waals surface area contributed by atoms with Crippen LogP contribution in [0.25, 0.3) is 5.76 Å². The summed E-state index contributed by atoms with van der Waals surface area (Å²) in [6.45, 7) is 4.97. The minimum atomic E-state index is -0.728. The number of unbranched alkanes of at least 4 members (excludes halogenated alkanes) is 1. The van der Waals surface area contributed by atoms with Gasteiger partial charge in [0.25, 0.3) is 11.7 Å². The summed E-state index contributed by atoms with van der Waals surface area (Å²) in [7, 11) is 0. The molecule has 0 saturated carbocycles.